The number of allylic oxidation sites excluding steroid dienone is 1. The first-order valence-electron chi connectivity index (χ1n) is 6.75. The van der Waals surface area contributed by atoms with Gasteiger partial charge in [-0.15, -0.1) is 0 Å². The summed E-state index contributed by atoms with van der Waals surface area (Å²) in [6.07, 6.45) is 6.87. The first kappa shape index (κ1) is 12.9. The molecule has 96 valence electrons. The fourth-order valence-electron chi connectivity index (χ4n) is 2.55. The number of carbonyl (C=O) groups is 1. The van der Waals surface area contributed by atoms with Crippen molar-refractivity contribution in [3.63, 3.8) is 0 Å². The van der Waals surface area contributed by atoms with E-state index in [2.05, 4.69) is 30.3 Å². The van der Waals surface area contributed by atoms with Crippen LogP contribution in [-0.2, 0) is 11.2 Å². The summed E-state index contributed by atoms with van der Waals surface area (Å²) in [5.41, 5.74) is 1.41. The van der Waals surface area contributed by atoms with Crippen LogP contribution in [0.3, 0.4) is 0 Å². The number of nitrogens with zero attached hydrogens (tertiary/aromatic N) is 1. The highest BCUT2D eigenvalue weighted by Crippen LogP contribution is 2.21. The molecule has 1 aliphatic heterocycles. The Morgan fingerprint density at radius 2 is 1.94 bits per heavy atom. The molecule has 0 bridgehead atoms. The summed E-state index contributed by atoms with van der Waals surface area (Å²) in [6.45, 7) is 3.70. The van der Waals surface area contributed by atoms with Gasteiger partial charge in [0.1, 0.15) is 0 Å². The smallest absolute Gasteiger partial charge is 0.246 e. The van der Waals surface area contributed by atoms with Gasteiger partial charge in [0.25, 0.3) is 0 Å². The van der Waals surface area contributed by atoms with Crippen LogP contribution in [0.15, 0.2) is 42.5 Å². The molecule has 0 radical (unpaired) electrons. The number of amides is 1. The van der Waals surface area contributed by atoms with E-state index in [4.69, 9.17) is 0 Å². The molecule has 0 saturated carbocycles. The van der Waals surface area contributed by atoms with Crippen molar-refractivity contribution in [2.45, 2.75) is 26.2 Å². The predicted molar refractivity (Wildman–Crippen MR) is 74.3 cm³/mol. The third-order valence-electron chi connectivity index (χ3n) is 3.60. The maximum atomic E-state index is 11.7. The summed E-state index contributed by atoms with van der Waals surface area (Å²) in [7, 11) is 0. The largest absolute Gasteiger partial charge is 0.339 e. The van der Waals surface area contributed by atoms with Crippen LogP contribution in [0.2, 0.25) is 0 Å². The van der Waals surface area contributed by atoms with E-state index < -0.39 is 0 Å². The van der Waals surface area contributed by atoms with E-state index in [1.165, 1.54) is 5.56 Å². The minimum atomic E-state index is 0.163. The molecule has 1 saturated heterocycles. The molecule has 0 spiro atoms. The second-order valence-electron chi connectivity index (χ2n) is 4.96. The standard InChI is InChI=1S/C16H21NO/c1-2-6-16(18)17-11-9-15(10-12-17)13-14-7-4-3-5-8-14/h2-8,15H,9-13H2,1H3/b6-2-. The van der Waals surface area contributed by atoms with Crippen LogP contribution in [-0.4, -0.2) is 23.9 Å². The SMILES string of the molecule is C/C=C\C(=O)N1CCC(Cc2ccccc2)CC1. The van der Waals surface area contributed by atoms with Gasteiger partial charge >= 0.3 is 0 Å². The van der Waals surface area contributed by atoms with Gasteiger partial charge < -0.3 is 4.90 Å². The minimum Gasteiger partial charge on any atom is -0.339 e. The molecule has 1 aromatic carbocycles. The van der Waals surface area contributed by atoms with Crippen molar-refractivity contribution >= 4 is 5.91 Å². The van der Waals surface area contributed by atoms with Crippen LogP contribution < -0.4 is 0 Å². The average Bonchev–Trinajstić information content (AvgIpc) is 2.41. The fraction of sp³-hybridized carbons (Fsp3) is 0.438. The molecular formula is C16H21NO. The maximum Gasteiger partial charge on any atom is 0.246 e. The summed E-state index contributed by atoms with van der Waals surface area (Å²) >= 11 is 0. The van der Waals surface area contributed by atoms with Crippen molar-refractivity contribution in [2.75, 3.05) is 13.1 Å². The number of piperidine rings is 1. The molecule has 1 aliphatic rings. The summed E-state index contributed by atoms with van der Waals surface area (Å²) in [4.78, 5) is 13.7. The molecular weight excluding hydrogens is 222 g/mol. The van der Waals surface area contributed by atoms with Gasteiger partial charge in [-0.3, -0.25) is 4.79 Å². The molecule has 0 aromatic heterocycles. The predicted octanol–water partition coefficient (Wildman–Crippen LogP) is 3.04. The molecule has 1 aromatic rings. The van der Waals surface area contributed by atoms with E-state index >= 15 is 0 Å². The van der Waals surface area contributed by atoms with E-state index in [0.29, 0.717) is 0 Å². The van der Waals surface area contributed by atoms with Crippen molar-refractivity contribution in [2.24, 2.45) is 5.92 Å². The molecule has 2 rings (SSSR count). The van der Waals surface area contributed by atoms with Gasteiger partial charge in [-0.25, -0.2) is 0 Å². The zero-order chi connectivity index (χ0) is 12.8. The van der Waals surface area contributed by atoms with E-state index in [9.17, 15) is 4.79 Å². The van der Waals surface area contributed by atoms with Crippen molar-refractivity contribution in [3.8, 4) is 0 Å². The molecule has 18 heavy (non-hydrogen) atoms. The van der Waals surface area contributed by atoms with Gasteiger partial charge in [-0.05, 0) is 43.7 Å². The normalized spacial score (nSPS) is 17.3. The summed E-state index contributed by atoms with van der Waals surface area (Å²) in [5.74, 6) is 0.887. The summed E-state index contributed by atoms with van der Waals surface area (Å²) < 4.78 is 0. The molecule has 1 fully saturated rings. The van der Waals surface area contributed by atoms with E-state index in [0.717, 1.165) is 38.3 Å². The zero-order valence-corrected chi connectivity index (χ0v) is 11.0. The average molecular weight is 243 g/mol. The van der Waals surface area contributed by atoms with Gasteiger partial charge in [0.15, 0.2) is 0 Å². The Hall–Kier alpha value is -1.57. The lowest BCUT2D eigenvalue weighted by atomic mass is 9.90. The van der Waals surface area contributed by atoms with Gasteiger partial charge in [-0.2, -0.15) is 0 Å². The van der Waals surface area contributed by atoms with E-state index in [1.807, 2.05) is 17.9 Å². The third-order valence-corrected chi connectivity index (χ3v) is 3.60. The van der Waals surface area contributed by atoms with Crippen LogP contribution in [0.1, 0.15) is 25.3 Å². The number of likely N-dealkylation sites (tertiary alicyclic amines) is 1. The summed E-state index contributed by atoms with van der Waals surface area (Å²) in [5, 5.41) is 0. The Balaban J connectivity index is 1.82. The first-order chi connectivity index (χ1) is 8.79. The second-order valence-corrected chi connectivity index (χ2v) is 4.96. The third kappa shape index (κ3) is 3.46. The highest BCUT2D eigenvalue weighted by atomic mass is 16.2. The highest BCUT2D eigenvalue weighted by Gasteiger charge is 2.21. The molecule has 0 atom stereocenters. The molecule has 0 N–H and O–H groups in total. The van der Waals surface area contributed by atoms with Gasteiger partial charge in [-0.1, -0.05) is 36.4 Å². The molecule has 2 nitrogen and oxygen atoms in total. The minimum absolute atomic E-state index is 0.163. The lowest BCUT2D eigenvalue weighted by Gasteiger charge is -2.31. The number of benzene rings is 1. The monoisotopic (exact) mass is 243 g/mol. The Morgan fingerprint density at radius 3 is 2.56 bits per heavy atom. The number of carbonyl (C=O) groups excluding carboxylic acids is 1. The Labute approximate surface area is 109 Å². The first-order valence-corrected chi connectivity index (χ1v) is 6.75. The Kier molecular flexibility index (Phi) is 4.57. The fourth-order valence-corrected chi connectivity index (χ4v) is 2.55. The van der Waals surface area contributed by atoms with Crippen LogP contribution in [0.5, 0.6) is 0 Å². The maximum absolute atomic E-state index is 11.7. The number of hydrogen-bond acceptors (Lipinski definition) is 1. The van der Waals surface area contributed by atoms with E-state index in [-0.39, 0.29) is 5.91 Å². The van der Waals surface area contributed by atoms with Gasteiger partial charge in [0.2, 0.25) is 5.91 Å². The van der Waals surface area contributed by atoms with Crippen LogP contribution >= 0.6 is 0 Å². The lowest BCUT2D eigenvalue weighted by molar-refractivity contribution is -0.127. The molecule has 0 unspecified atom stereocenters. The molecule has 1 amide bonds. The number of hydrogen-bond donors (Lipinski definition) is 0. The van der Waals surface area contributed by atoms with Crippen molar-refractivity contribution in [3.05, 3.63) is 48.0 Å². The number of rotatable bonds is 3. The highest BCUT2D eigenvalue weighted by molar-refractivity contribution is 5.87. The summed E-state index contributed by atoms with van der Waals surface area (Å²) in [6, 6.07) is 10.6. The topological polar surface area (TPSA) is 20.3 Å². The Morgan fingerprint density at radius 1 is 1.28 bits per heavy atom. The second kappa shape index (κ2) is 6.39. The van der Waals surface area contributed by atoms with Crippen molar-refractivity contribution in [1.29, 1.82) is 0 Å². The van der Waals surface area contributed by atoms with Crippen molar-refractivity contribution < 1.29 is 4.79 Å². The molecule has 2 heteroatoms. The Bertz CT molecular complexity index is 402. The zero-order valence-electron chi connectivity index (χ0n) is 11.0. The lowest BCUT2D eigenvalue weighted by Crippen LogP contribution is -2.37. The van der Waals surface area contributed by atoms with Gasteiger partial charge in [0.05, 0.1) is 0 Å². The molecule has 1 heterocycles. The van der Waals surface area contributed by atoms with Crippen LogP contribution in [0, 0.1) is 5.92 Å². The van der Waals surface area contributed by atoms with Crippen LogP contribution in [0.4, 0.5) is 0 Å². The van der Waals surface area contributed by atoms with Crippen molar-refractivity contribution in [1.82, 2.24) is 4.90 Å². The van der Waals surface area contributed by atoms with E-state index in [1.54, 1.807) is 6.08 Å². The quantitative estimate of drug-likeness (QED) is 0.747. The van der Waals surface area contributed by atoms with Gasteiger partial charge in [0, 0.05) is 13.1 Å². The van der Waals surface area contributed by atoms with Crippen LogP contribution in [0.25, 0.3) is 0 Å². The molecule has 0 aliphatic carbocycles.